The van der Waals surface area contributed by atoms with Gasteiger partial charge in [-0.1, -0.05) is 38.7 Å². The second-order valence-electron chi connectivity index (χ2n) is 9.34. The first-order chi connectivity index (χ1) is 11.3. The molecule has 0 aromatic carbocycles. The fourth-order valence-electron chi connectivity index (χ4n) is 6.15. The highest BCUT2D eigenvalue weighted by Crippen LogP contribution is 2.46. The Morgan fingerprint density at radius 1 is 0.640 bits per heavy atom. The normalized spacial score (nSPS) is 38.9. The summed E-state index contributed by atoms with van der Waals surface area (Å²) in [5.74, 6) is 6.41. The second kappa shape index (κ2) is 11.4. The predicted octanol–water partition coefficient (Wildman–Crippen LogP) is 5.74. The quantitative estimate of drug-likeness (QED) is 0.566. The summed E-state index contributed by atoms with van der Waals surface area (Å²) in [6.45, 7) is 6.34. The highest BCUT2D eigenvalue weighted by Gasteiger charge is 2.34. The van der Waals surface area contributed by atoms with Crippen molar-refractivity contribution in [2.24, 2.45) is 35.5 Å². The van der Waals surface area contributed by atoms with E-state index < -0.39 is 0 Å². The molecule has 3 rings (SSSR count). The summed E-state index contributed by atoms with van der Waals surface area (Å²) in [5.41, 5.74) is 0. The maximum Gasteiger partial charge on any atom is -0.0351 e. The van der Waals surface area contributed by atoms with Gasteiger partial charge in [0.15, 0.2) is 0 Å². The van der Waals surface area contributed by atoms with Crippen LogP contribution in [0.1, 0.15) is 96.8 Å². The van der Waals surface area contributed by atoms with E-state index in [9.17, 15) is 0 Å². The molecule has 0 spiro atoms. The Kier molecular flexibility index (Phi) is 10.3. The molecule has 0 atom stereocenters. The first-order valence-electron chi connectivity index (χ1n) is 10.9. The summed E-state index contributed by atoms with van der Waals surface area (Å²) < 4.78 is 0. The van der Waals surface area contributed by atoms with Crippen LogP contribution < -0.4 is 0 Å². The largest absolute Gasteiger partial charge is 0.412 e. The molecule has 0 radical (unpaired) electrons. The van der Waals surface area contributed by atoms with Gasteiger partial charge in [0.2, 0.25) is 0 Å². The molecule has 0 saturated heterocycles. The average Bonchev–Trinajstić information content (AvgIpc) is 2.61. The standard InChI is InChI=1S/C23H40.2H2O/c1-3-4-5-19-8-12-21(13-9-19)23-16-14-22(15-17-23)20-10-6-18(2)7-11-20;;/h3,18-23H,1,4-17H2,2H3;2*1H2. The molecule has 3 saturated carbocycles. The van der Waals surface area contributed by atoms with Gasteiger partial charge in [-0.15, -0.1) is 6.58 Å². The molecular formula is C23H44O2. The van der Waals surface area contributed by atoms with E-state index in [0.29, 0.717) is 0 Å². The van der Waals surface area contributed by atoms with Crippen molar-refractivity contribution in [1.82, 2.24) is 0 Å². The first kappa shape index (κ1) is 22.7. The molecule has 3 aliphatic rings. The average molecular weight is 353 g/mol. The van der Waals surface area contributed by atoms with E-state index in [1.54, 1.807) is 38.5 Å². The molecule has 0 bridgehead atoms. The van der Waals surface area contributed by atoms with Crippen molar-refractivity contribution in [1.29, 1.82) is 0 Å². The minimum absolute atomic E-state index is 0. The zero-order valence-corrected chi connectivity index (χ0v) is 16.6. The van der Waals surface area contributed by atoms with E-state index in [1.165, 1.54) is 51.4 Å². The van der Waals surface area contributed by atoms with Crippen molar-refractivity contribution in [3.05, 3.63) is 12.7 Å². The third-order valence-corrected chi connectivity index (χ3v) is 7.88. The first-order valence-corrected chi connectivity index (χ1v) is 10.9. The van der Waals surface area contributed by atoms with Crippen LogP contribution in [0.3, 0.4) is 0 Å². The maximum absolute atomic E-state index is 3.88. The van der Waals surface area contributed by atoms with Crippen LogP contribution in [-0.2, 0) is 0 Å². The fraction of sp³-hybridized carbons (Fsp3) is 0.913. The van der Waals surface area contributed by atoms with Crippen LogP contribution >= 0.6 is 0 Å². The lowest BCUT2D eigenvalue weighted by atomic mass is 9.65. The summed E-state index contributed by atoms with van der Waals surface area (Å²) in [5, 5.41) is 0. The second-order valence-corrected chi connectivity index (χ2v) is 9.34. The van der Waals surface area contributed by atoms with E-state index in [-0.39, 0.29) is 11.0 Å². The molecular weight excluding hydrogens is 308 g/mol. The van der Waals surface area contributed by atoms with E-state index >= 15 is 0 Å². The molecule has 3 aliphatic carbocycles. The SMILES string of the molecule is C=CCCC1CCC(C2CCC(C3CCC(C)CC3)CC2)CC1.O.O. The maximum atomic E-state index is 3.88. The predicted molar refractivity (Wildman–Crippen MR) is 109 cm³/mol. The molecule has 4 N–H and O–H groups in total. The van der Waals surface area contributed by atoms with Gasteiger partial charge in [0.1, 0.15) is 0 Å². The zero-order chi connectivity index (χ0) is 16.1. The van der Waals surface area contributed by atoms with E-state index in [4.69, 9.17) is 0 Å². The molecule has 0 heterocycles. The van der Waals surface area contributed by atoms with Crippen LogP contribution in [0.5, 0.6) is 0 Å². The Morgan fingerprint density at radius 3 is 1.40 bits per heavy atom. The number of allylic oxidation sites excluding steroid dienone is 1. The number of hydrogen-bond donors (Lipinski definition) is 0. The van der Waals surface area contributed by atoms with Gasteiger partial charge in [-0.25, -0.2) is 0 Å². The van der Waals surface area contributed by atoms with Gasteiger partial charge in [0.05, 0.1) is 0 Å². The zero-order valence-electron chi connectivity index (χ0n) is 16.6. The molecule has 148 valence electrons. The van der Waals surface area contributed by atoms with Crippen LogP contribution in [0.2, 0.25) is 0 Å². The lowest BCUT2D eigenvalue weighted by molar-refractivity contribution is 0.105. The van der Waals surface area contributed by atoms with Crippen LogP contribution in [-0.4, -0.2) is 11.0 Å². The summed E-state index contributed by atoms with van der Waals surface area (Å²) >= 11 is 0. The van der Waals surface area contributed by atoms with Gasteiger partial charge in [0.25, 0.3) is 0 Å². The summed E-state index contributed by atoms with van der Waals surface area (Å²) in [7, 11) is 0. The number of hydrogen-bond acceptors (Lipinski definition) is 0. The van der Waals surface area contributed by atoms with Crippen LogP contribution in [0, 0.1) is 35.5 Å². The fourth-order valence-corrected chi connectivity index (χ4v) is 6.15. The Labute approximate surface area is 156 Å². The molecule has 3 fully saturated rings. The molecule has 0 aromatic heterocycles. The van der Waals surface area contributed by atoms with Crippen molar-refractivity contribution < 1.29 is 11.0 Å². The lowest BCUT2D eigenvalue weighted by Crippen LogP contribution is -2.29. The molecule has 2 nitrogen and oxygen atoms in total. The molecule has 0 aromatic rings. The van der Waals surface area contributed by atoms with Crippen molar-refractivity contribution in [2.45, 2.75) is 96.8 Å². The van der Waals surface area contributed by atoms with Gasteiger partial charge < -0.3 is 11.0 Å². The van der Waals surface area contributed by atoms with Gasteiger partial charge >= 0.3 is 0 Å². The van der Waals surface area contributed by atoms with E-state index in [0.717, 1.165) is 35.5 Å². The van der Waals surface area contributed by atoms with Gasteiger partial charge in [-0.2, -0.15) is 0 Å². The third-order valence-electron chi connectivity index (χ3n) is 7.88. The molecule has 25 heavy (non-hydrogen) atoms. The monoisotopic (exact) mass is 352 g/mol. The Hall–Kier alpha value is -0.340. The van der Waals surface area contributed by atoms with Gasteiger partial charge in [-0.3, -0.25) is 0 Å². The van der Waals surface area contributed by atoms with Crippen molar-refractivity contribution in [3.8, 4) is 0 Å². The molecule has 0 unspecified atom stereocenters. The number of rotatable bonds is 5. The Balaban J connectivity index is 0.00000156. The van der Waals surface area contributed by atoms with Crippen molar-refractivity contribution >= 4 is 0 Å². The summed E-state index contributed by atoms with van der Waals surface area (Å²) in [6.07, 6.45) is 23.3. The topological polar surface area (TPSA) is 63.0 Å². The summed E-state index contributed by atoms with van der Waals surface area (Å²) in [6, 6.07) is 0. The minimum Gasteiger partial charge on any atom is -0.412 e. The highest BCUT2D eigenvalue weighted by molar-refractivity contribution is 4.85. The van der Waals surface area contributed by atoms with Gasteiger partial charge in [0, 0.05) is 0 Å². The third kappa shape index (κ3) is 6.40. The minimum atomic E-state index is 0. The Bertz CT molecular complexity index is 343. The molecule has 0 aliphatic heterocycles. The molecule has 0 amide bonds. The highest BCUT2D eigenvalue weighted by atomic mass is 16.0. The van der Waals surface area contributed by atoms with Crippen molar-refractivity contribution in [3.63, 3.8) is 0 Å². The van der Waals surface area contributed by atoms with E-state index in [2.05, 4.69) is 19.6 Å². The van der Waals surface area contributed by atoms with Gasteiger partial charge in [-0.05, 0) is 99.7 Å². The smallest absolute Gasteiger partial charge is 0.0351 e. The van der Waals surface area contributed by atoms with Crippen LogP contribution in [0.4, 0.5) is 0 Å². The van der Waals surface area contributed by atoms with E-state index in [1.807, 2.05) is 0 Å². The van der Waals surface area contributed by atoms with Crippen LogP contribution in [0.25, 0.3) is 0 Å². The Morgan fingerprint density at radius 2 is 1.00 bits per heavy atom. The lowest BCUT2D eigenvalue weighted by Gasteiger charge is -2.41. The molecule has 2 heteroatoms. The van der Waals surface area contributed by atoms with Crippen molar-refractivity contribution in [2.75, 3.05) is 0 Å². The van der Waals surface area contributed by atoms with Crippen LogP contribution in [0.15, 0.2) is 12.7 Å². The summed E-state index contributed by atoms with van der Waals surface area (Å²) in [4.78, 5) is 0.